The van der Waals surface area contributed by atoms with Gasteiger partial charge in [0.05, 0.1) is 9.83 Å². The first-order valence-electron chi connectivity index (χ1n) is 6.69. The summed E-state index contributed by atoms with van der Waals surface area (Å²) in [5, 5.41) is 3.41. The van der Waals surface area contributed by atoms with Gasteiger partial charge in [-0.1, -0.05) is 13.0 Å². The van der Waals surface area contributed by atoms with Gasteiger partial charge in [-0.25, -0.2) is 4.39 Å². The van der Waals surface area contributed by atoms with E-state index < -0.39 is 0 Å². The summed E-state index contributed by atoms with van der Waals surface area (Å²) in [6.45, 7) is 8.81. The summed E-state index contributed by atoms with van der Waals surface area (Å²) in [5.74, 6) is -0.129. The molecule has 0 aliphatic rings. The van der Waals surface area contributed by atoms with Crippen molar-refractivity contribution in [3.63, 3.8) is 0 Å². The van der Waals surface area contributed by atoms with Crippen molar-refractivity contribution in [2.75, 3.05) is 6.54 Å². The Hall–Kier alpha value is -0.710. The van der Waals surface area contributed by atoms with Crippen molar-refractivity contribution in [1.82, 2.24) is 5.32 Å². The van der Waals surface area contributed by atoms with Crippen LogP contribution in [0, 0.1) is 26.6 Å². The molecule has 0 saturated heterocycles. The Balaban J connectivity index is 2.54. The number of benzene rings is 1. The molecule has 0 bridgehead atoms. The zero-order valence-corrected chi connectivity index (χ0v) is 14.6. The Morgan fingerprint density at radius 3 is 2.40 bits per heavy atom. The highest BCUT2D eigenvalue weighted by atomic mass is 79.9. The van der Waals surface area contributed by atoms with Crippen molar-refractivity contribution in [2.24, 2.45) is 0 Å². The predicted octanol–water partition coefficient (Wildman–Crippen LogP) is 5.27. The molecular formula is C16H19BrFNS. The van der Waals surface area contributed by atoms with Crippen LogP contribution in [0.2, 0.25) is 0 Å². The van der Waals surface area contributed by atoms with Gasteiger partial charge in [-0.15, -0.1) is 11.3 Å². The smallest absolute Gasteiger partial charge is 0.128 e. The number of aryl methyl sites for hydroxylation is 3. The van der Waals surface area contributed by atoms with Crippen LogP contribution < -0.4 is 5.32 Å². The summed E-state index contributed by atoms with van der Waals surface area (Å²) < 4.78 is 15.5. The summed E-state index contributed by atoms with van der Waals surface area (Å²) >= 11 is 5.22. The molecule has 0 spiro atoms. The van der Waals surface area contributed by atoms with Crippen LogP contribution in [-0.4, -0.2) is 6.54 Å². The minimum absolute atomic E-state index is 0.0874. The van der Waals surface area contributed by atoms with Crippen LogP contribution in [0.3, 0.4) is 0 Å². The highest BCUT2D eigenvalue weighted by molar-refractivity contribution is 9.11. The highest BCUT2D eigenvalue weighted by Crippen LogP contribution is 2.36. The summed E-state index contributed by atoms with van der Waals surface area (Å²) in [5.41, 5.74) is 3.91. The molecule has 1 atom stereocenters. The van der Waals surface area contributed by atoms with Gasteiger partial charge in [-0.2, -0.15) is 0 Å². The lowest BCUT2D eigenvalue weighted by molar-refractivity contribution is 0.559. The molecule has 4 heteroatoms. The molecular weight excluding hydrogens is 337 g/mol. The van der Waals surface area contributed by atoms with E-state index in [-0.39, 0.29) is 11.9 Å². The second-order valence-corrected chi connectivity index (χ2v) is 7.48. The molecule has 1 N–H and O–H groups in total. The van der Waals surface area contributed by atoms with Gasteiger partial charge in [0.2, 0.25) is 0 Å². The molecule has 0 fully saturated rings. The highest BCUT2D eigenvalue weighted by Gasteiger charge is 2.22. The fraction of sp³-hybridized carbons (Fsp3) is 0.375. The van der Waals surface area contributed by atoms with Gasteiger partial charge in [0.1, 0.15) is 5.82 Å². The van der Waals surface area contributed by atoms with Gasteiger partial charge in [0.15, 0.2) is 0 Å². The van der Waals surface area contributed by atoms with E-state index in [1.54, 1.807) is 17.4 Å². The van der Waals surface area contributed by atoms with Gasteiger partial charge in [-0.3, -0.25) is 0 Å². The molecule has 2 aromatic rings. The standard InChI is InChI=1S/C16H19BrFNS/c1-5-19-15(13-8-11(4)16(17)20-13)14-10(3)6-9(2)7-12(14)18/h6-8,15,19H,5H2,1-4H3. The van der Waals surface area contributed by atoms with Crippen molar-refractivity contribution in [3.8, 4) is 0 Å². The van der Waals surface area contributed by atoms with Crippen molar-refractivity contribution in [1.29, 1.82) is 0 Å². The number of thiophene rings is 1. The third-order valence-electron chi connectivity index (χ3n) is 3.34. The van der Waals surface area contributed by atoms with Gasteiger partial charge in [0, 0.05) is 10.4 Å². The zero-order chi connectivity index (χ0) is 14.9. The average molecular weight is 356 g/mol. The predicted molar refractivity (Wildman–Crippen MR) is 88.1 cm³/mol. The lowest BCUT2D eigenvalue weighted by Crippen LogP contribution is -2.23. The van der Waals surface area contributed by atoms with Crippen molar-refractivity contribution < 1.29 is 4.39 Å². The molecule has 2 rings (SSSR count). The van der Waals surface area contributed by atoms with E-state index in [9.17, 15) is 4.39 Å². The Morgan fingerprint density at radius 1 is 1.20 bits per heavy atom. The molecule has 1 unspecified atom stereocenters. The van der Waals surface area contributed by atoms with Crippen molar-refractivity contribution in [3.05, 3.63) is 54.9 Å². The molecule has 1 nitrogen and oxygen atoms in total. The van der Waals surface area contributed by atoms with E-state index in [0.29, 0.717) is 0 Å². The van der Waals surface area contributed by atoms with Gasteiger partial charge >= 0.3 is 0 Å². The summed E-state index contributed by atoms with van der Waals surface area (Å²) in [6.07, 6.45) is 0. The summed E-state index contributed by atoms with van der Waals surface area (Å²) in [4.78, 5) is 1.14. The monoisotopic (exact) mass is 355 g/mol. The second kappa shape index (κ2) is 6.37. The minimum atomic E-state index is -0.129. The van der Waals surface area contributed by atoms with Gasteiger partial charge in [-0.05, 0) is 72.1 Å². The number of hydrogen-bond donors (Lipinski definition) is 1. The van der Waals surface area contributed by atoms with Crippen LogP contribution in [0.4, 0.5) is 4.39 Å². The summed E-state index contributed by atoms with van der Waals surface area (Å²) in [6, 6.07) is 5.69. The molecule has 1 aromatic heterocycles. The normalized spacial score (nSPS) is 12.7. The largest absolute Gasteiger partial charge is 0.306 e. The van der Waals surface area contributed by atoms with Crippen LogP contribution in [-0.2, 0) is 0 Å². The number of nitrogens with one attached hydrogen (secondary N) is 1. The quantitative estimate of drug-likeness (QED) is 0.787. The van der Waals surface area contributed by atoms with Gasteiger partial charge < -0.3 is 5.32 Å². The molecule has 0 aliphatic heterocycles. The number of halogens is 2. The van der Waals surface area contributed by atoms with Crippen LogP contribution in [0.15, 0.2) is 22.0 Å². The van der Waals surface area contributed by atoms with Crippen LogP contribution in [0.25, 0.3) is 0 Å². The number of rotatable bonds is 4. The Kier molecular flexibility index (Phi) is 4.99. The molecule has 20 heavy (non-hydrogen) atoms. The fourth-order valence-corrected chi connectivity index (χ4v) is 4.12. The maximum atomic E-state index is 14.4. The molecule has 108 valence electrons. The first kappa shape index (κ1) is 15.7. The first-order chi connectivity index (χ1) is 9.43. The van der Waals surface area contributed by atoms with Gasteiger partial charge in [0.25, 0.3) is 0 Å². The molecule has 1 heterocycles. The lowest BCUT2D eigenvalue weighted by Gasteiger charge is -2.20. The van der Waals surface area contributed by atoms with Crippen LogP contribution in [0.1, 0.15) is 40.1 Å². The third-order valence-corrected chi connectivity index (χ3v) is 5.54. The minimum Gasteiger partial charge on any atom is -0.306 e. The van der Waals surface area contributed by atoms with E-state index in [1.165, 1.54) is 5.56 Å². The zero-order valence-electron chi connectivity index (χ0n) is 12.2. The van der Waals surface area contributed by atoms with E-state index in [0.717, 1.165) is 31.9 Å². The maximum Gasteiger partial charge on any atom is 0.128 e. The van der Waals surface area contributed by atoms with E-state index >= 15 is 0 Å². The lowest BCUT2D eigenvalue weighted by atomic mass is 9.97. The molecule has 0 aliphatic carbocycles. The number of hydrogen-bond acceptors (Lipinski definition) is 2. The Bertz CT molecular complexity index is 578. The topological polar surface area (TPSA) is 12.0 Å². The van der Waals surface area contributed by atoms with Crippen molar-refractivity contribution >= 4 is 27.3 Å². The molecule has 0 amide bonds. The average Bonchev–Trinajstić information content (AvgIpc) is 2.67. The van der Waals surface area contributed by atoms with Crippen LogP contribution in [0.5, 0.6) is 0 Å². The Labute approximate surface area is 132 Å². The third kappa shape index (κ3) is 3.13. The second-order valence-electron chi connectivity index (χ2n) is 5.07. The first-order valence-corrected chi connectivity index (χ1v) is 8.30. The van der Waals surface area contributed by atoms with E-state index in [1.807, 2.05) is 26.8 Å². The molecule has 0 radical (unpaired) electrons. The van der Waals surface area contributed by atoms with E-state index in [2.05, 4.69) is 34.2 Å². The van der Waals surface area contributed by atoms with E-state index in [4.69, 9.17) is 0 Å². The molecule has 1 aromatic carbocycles. The van der Waals surface area contributed by atoms with Crippen molar-refractivity contribution in [2.45, 2.75) is 33.7 Å². The molecule has 0 saturated carbocycles. The van der Waals surface area contributed by atoms with Crippen LogP contribution >= 0.6 is 27.3 Å². The SMILES string of the molecule is CCNC(c1cc(C)c(Br)s1)c1c(C)cc(C)cc1F. The Morgan fingerprint density at radius 2 is 1.90 bits per heavy atom. The maximum absolute atomic E-state index is 14.4. The summed E-state index contributed by atoms with van der Waals surface area (Å²) in [7, 11) is 0. The fourth-order valence-electron chi connectivity index (χ4n) is 2.47.